The van der Waals surface area contributed by atoms with Crippen LogP contribution in [0.5, 0.6) is 0 Å². The summed E-state index contributed by atoms with van der Waals surface area (Å²) in [5.41, 5.74) is 0. The van der Waals surface area contributed by atoms with Crippen molar-refractivity contribution in [3.05, 3.63) is 36.5 Å². The minimum Gasteiger partial charge on any atom is -0.394 e. The van der Waals surface area contributed by atoms with E-state index in [1.165, 1.54) is 199 Å². The maximum absolute atomic E-state index is 13.3. The molecule has 0 aromatic heterocycles. The third-order valence-corrected chi connectivity index (χ3v) is 16.1. The Morgan fingerprint density at radius 1 is 0.443 bits per heavy atom. The van der Waals surface area contributed by atoms with E-state index >= 15 is 0 Å². The summed E-state index contributed by atoms with van der Waals surface area (Å²) in [6.07, 6.45) is 46.2. The lowest BCUT2D eigenvalue weighted by atomic mass is 9.97. The highest BCUT2D eigenvalue weighted by Crippen LogP contribution is 2.30. The molecule has 0 aromatic rings. The van der Waals surface area contributed by atoms with E-state index in [-0.39, 0.29) is 18.9 Å². The highest BCUT2D eigenvalue weighted by molar-refractivity contribution is 5.76. The number of rotatable bonds is 53. The Kier molecular flexibility index (Phi) is 47.0. The van der Waals surface area contributed by atoms with Crippen LogP contribution in [0.15, 0.2) is 36.5 Å². The molecule has 2 aliphatic heterocycles. The van der Waals surface area contributed by atoms with Gasteiger partial charge in [0.15, 0.2) is 12.6 Å². The van der Waals surface area contributed by atoms with Gasteiger partial charge in [-0.25, -0.2) is 0 Å². The molecule has 0 saturated carbocycles. The number of ether oxygens (including phenoxy) is 4. The Balaban J connectivity index is 1.74. The van der Waals surface area contributed by atoms with Crippen molar-refractivity contribution in [3.63, 3.8) is 0 Å². The molecule has 0 aromatic carbocycles. The molecule has 14 nitrogen and oxygen atoms in total. The van der Waals surface area contributed by atoms with Crippen molar-refractivity contribution < 1.29 is 64.6 Å². The normalized spacial score (nSPS) is 24.6. The van der Waals surface area contributed by atoms with Crippen molar-refractivity contribution in [1.29, 1.82) is 0 Å². The van der Waals surface area contributed by atoms with E-state index in [0.29, 0.717) is 12.8 Å². The van der Waals surface area contributed by atoms with E-state index in [0.717, 1.165) is 44.9 Å². The fraction of sp³-hybridized carbons (Fsp3) is 0.892. The Morgan fingerprint density at radius 2 is 0.810 bits per heavy atom. The van der Waals surface area contributed by atoms with E-state index in [2.05, 4.69) is 43.5 Å². The molecule has 1 amide bonds. The molecule has 2 heterocycles. The van der Waals surface area contributed by atoms with E-state index in [9.17, 15) is 45.6 Å². The molecule has 9 N–H and O–H groups in total. The first-order valence-corrected chi connectivity index (χ1v) is 32.7. The largest absolute Gasteiger partial charge is 0.394 e. The zero-order valence-corrected chi connectivity index (χ0v) is 50.1. The molecular weight excluding hydrogens is 1000 g/mol. The second kappa shape index (κ2) is 50.7. The third kappa shape index (κ3) is 35.8. The first-order valence-electron chi connectivity index (χ1n) is 32.7. The molecule has 12 unspecified atom stereocenters. The van der Waals surface area contributed by atoms with Crippen molar-refractivity contribution >= 4 is 5.91 Å². The summed E-state index contributed by atoms with van der Waals surface area (Å²) in [6, 6.07) is -0.936. The molecule has 12 atom stereocenters. The molecule has 2 fully saturated rings. The van der Waals surface area contributed by atoms with Gasteiger partial charge in [-0.2, -0.15) is 0 Å². The Labute approximate surface area is 481 Å². The summed E-state index contributed by atoms with van der Waals surface area (Å²) in [5, 5.41) is 87.2. The molecule has 14 heteroatoms. The summed E-state index contributed by atoms with van der Waals surface area (Å²) in [6.45, 7) is 2.81. The molecule has 2 saturated heterocycles. The molecule has 0 spiro atoms. The number of aliphatic hydroxyl groups excluding tert-OH is 8. The summed E-state index contributed by atoms with van der Waals surface area (Å²) in [5.74, 6) is -0.248. The first kappa shape index (κ1) is 73.3. The summed E-state index contributed by atoms with van der Waals surface area (Å²) < 4.78 is 22.8. The van der Waals surface area contributed by atoms with Crippen LogP contribution in [0.2, 0.25) is 0 Å². The van der Waals surface area contributed by atoms with Crippen molar-refractivity contribution in [2.45, 2.75) is 351 Å². The maximum atomic E-state index is 13.3. The van der Waals surface area contributed by atoms with Gasteiger partial charge >= 0.3 is 0 Å². The van der Waals surface area contributed by atoms with Gasteiger partial charge < -0.3 is 65.1 Å². The highest BCUT2D eigenvalue weighted by atomic mass is 16.7. The van der Waals surface area contributed by atoms with Gasteiger partial charge in [0, 0.05) is 6.42 Å². The minimum absolute atomic E-state index is 0.248. The number of allylic oxidation sites excluding steroid dienone is 5. The molecule has 79 heavy (non-hydrogen) atoms. The number of amides is 1. The van der Waals surface area contributed by atoms with Crippen LogP contribution in [0.1, 0.15) is 277 Å². The van der Waals surface area contributed by atoms with Crippen LogP contribution in [0.4, 0.5) is 0 Å². The van der Waals surface area contributed by atoms with Crippen molar-refractivity contribution in [2.24, 2.45) is 0 Å². The van der Waals surface area contributed by atoms with Crippen LogP contribution in [0.3, 0.4) is 0 Å². The summed E-state index contributed by atoms with van der Waals surface area (Å²) >= 11 is 0. The topological polar surface area (TPSA) is 228 Å². The van der Waals surface area contributed by atoms with E-state index in [4.69, 9.17) is 18.9 Å². The molecular formula is C65H121NO13. The number of aliphatic hydroxyl groups is 8. The van der Waals surface area contributed by atoms with Crippen molar-refractivity contribution in [1.82, 2.24) is 5.32 Å². The van der Waals surface area contributed by atoms with Crippen molar-refractivity contribution in [3.8, 4) is 0 Å². The van der Waals surface area contributed by atoms with Crippen LogP contribution < -0.4 is 5.32 Å². The number of carbonyl (C=O) groups excluding carboxylic acids is 1. The smallest absolute Gasteiger partial charge is 0.220 e. The zero-order chi connectivity index (χ0) is 57.4. The standard InChI is InChI=1S/C65H121NO13/c1-3-5-7-9-11-13-15-17-19-21-23-25-27-29-31-33-35-37-39-41-43-45-47-49-57(70)66-53(52-76-64-62(75)60(73)63(56(51-68)78-64)79-65-61(74)59(72)58(71)55(50-67)77-65)54(69)48-46-44-42-40-38-36-34-32-30-28-26-24-22-20-18-16-14-12-10-8-6-4-2/h30,32,38,40,46,48,53-56,58-65,67-69,71-75H,3-29,31,33-37,39,41-45,47,49-52H2,1-2H3,(H,66,70)/b32-30+,40-38+,48-46+. The van der Waals surface area contributed by atoms with Crippen LogP contribution in [-0.2, 0) is 23.7 Å². The van der Waals surface area contributed by atoms with E-state index in [1.807, 2.05) is 6.08 Å². The van der Waals surface area contributed by atoms with Gasteiger partial charge in [0.1, 0.15) is 48.8 Å². The Bertz CT molecular complexity index is 1460. The molecule has 0 radical (unpaired) electrons. The average molecular weight is 1120 g/mol. The van der Waals surface area contributed by atoms with Gasteiger partial charge in [0.25, 0.3) is 0 Å². The van der Waals surface area contributed by atoms with E-state index < -0.39 is 86.8 Å². The van der Waals surface area contributed by atoms with Crippen LogP contribution in [-0.4, -0.2) is 140 Å². The van der Waals surface area contributed by atoms with Gasteiger partial charge in [0.05, 0.1) is 32.0 Å². The second-order valence-corrected chi connectivity index (χ2v) is 23.2. The van der Waals surface area contributed by atoms with Crippen molar-refractivity contribution in [2.75, 3.05) is 19.8 Å². The number of unbranched alkanes of at least 4 members (excludes halogenated alkanes) is 36. The number of hydrogen-bond donors (Lipinski definition) is 9. The molecule has 464 valence electrons. The number of nitrogens with one attached hydrogen (secondary N) is 1. The highest BCUT2D eigenvalue weighted by Gasteiger charge is 2.51. The van der Waals surface area contributed by atoms with Gasteiger partial charge in [-0.1, -0.05) is 262 Å². The maximum Gasteiger partial charge on any atom is 0.220 e. The SMILES string of the molecule is CCCCCCCCCCCCCC/C=C/CC/C=C/CC/C=C/C(O)C(COC1OC(CO)C(OC2OC(CO)C(O)C(O)C2O)C(O)C1O)NC(=O)CCCCCCCCCCCCCCCCCCCCCCCCC. The van der Waals surface area contributed by atoms with Gasteiger partial charge in [-0.05, 0) is 44.9 Å². The number of hydrogen-bond acceptors (Lipinski definition) is 13. The van der Waals surface area contributed by atoms with Crippen LogP contribution in [0.25, 0.3) is 0 Å². The number of carbonyl (C=O) groups is 1. The molecule has 2 rings (SSSR count). The van der Waals surface area contributed by atoms with Crippen LogP contribution >= 0.6 is 0 Å². The lowest BCUT2D eigenvalue weighted by Gasteiger charge is -2.46. The zero-order valence-electron chi connectivity index (χ0n) is 50.1. The Morgan fingerprint density at radius 3 is 1.24 bits per heavy atom. The minimum atomic E-state index is -1.79. The third-order valence-electron chi connectivity index (χ3n) is 16.1. The van der Waals surface area contributed by atoms with Crippen LogP contribution in [0, 0.1) is 0 Å². The quantitative estimate of drug-likeness (QED) is 0.0204. The Hall–Kier alpha value is -1.79. The first-order chi connectivity index (χ1) is 38.6. The summed E-state index contributed by atoms with van der Waals surface area (Å²) in [7, 11) is 0. The molecule has 0 bridgehead atoms. The monoisotopic (exact) mass is 1120 g/mol. The summed E-state index contributed by atoms with van der Waals surface area (Å²) in [4.78, 5) is 13.3. The predicted molar refractivity (Wildman–Crippen MR) is 318 cm³/mol. The van der Waals surface area contributed by atoms with Gasteiger partial charge in [0.2, 0.25) is 5.91 Å². The lowest BCUT2D eigenvalue weighted by molar-refractivity contribution is -0.359. The second-order valence-electron chi connectivity index (χ2n) is 23.2. The molecule has 0 aliphatic carbocycles. The fourth-order valence-electron chi connectivity index (χ4n) is 10.8. The fourth-order valence-corrected chi connectivity index (χ4v) is 10.8. The molecule has 2 aliphatic rings. The predicted octanol–water partition coefficient (Wildman–Crippen LogP) is 12.2. The van der Waals surface area contributed by atoms with E-state index in [1.54, 1.807) is 6.08 Å². The van der Waals surface area contributed by atoms with Gasteiger partial charge in [-0.3, -0.25) is 4.79 Å². The lowest BCUT2D eigenvalue weighted by Crippen LogP contribution is -2.65. The average Bonchev–Trinajstić information content (AvgIpc) is 3.47. The van der Waals surface area contributed by atoms with Gasteiger partial charge in [-0.15, -0.1) is 0 Å².